The van der Waals surface area contributed by atoms with Crippen molar-refractivity contribution >= 4 is 0 Å². The minimum Gasteiger partial charge on any atom is -0.394 e. The summed E-state index contributed by atoms with van der Waals surface area (Å²) in [4.78, 5) is 0. The number of aliphatic hydroxyl groups excluding tert-OH is 1. The first-order valence-corrected chi connectivity index (χ1v) is 8.49. The van der Waals surface area contributed by atoms with Crippen LogP contribution < -0.4 is 5.73 Å². The second-order valence-corrected chi connectivity index (χ2v) is 5.60. The molecule has 0 aliphatic carbocycles. The van der Waals surface area contributed by atoms with Crippen molar-refractivity contribution in [1.82, 2.24) is 0 Å². The number of allylic oxidation sites excluding steroid dienone is 3. The highest BCUT2D eigenvalue weighted by Gasteiger charge is 1.91. The van der Waals surface area contributed by atoms with Crippen LogP contribution in [0.3, 0.4) is 0 Å². The number of hydrogen-bond donors (Lipinski definition) is 2. The summed E-state index contributed by atoms with van der Waals surface area (Å²) in [6.45, 7) is 2.29. The molecular weight excluding hydrogens is 246 g/mol. The molecule has 0 aromatic carbocycles. The van der Waals surface area contributed by atoms with E-state index in [1.165, 1.54) is 64.2 Å². The molecule has 0 spiro atoms. The Hall–Kier alpha value is -0.600. The third-order valence-corrected chi connectivity index (χ3v) is 3.51. The van der Waals surface area contributed by atoms with E-state index in [1.54, 1.807) is 0 Å². The highest BCUT2D eigenvalue weighted by Crippen LogP contribution is 2.10. The quantitative estimate of drug-likeness (QED) is 0.357. The van der Waals surface area contributed by atoms with Crippen LogP contribution in [0.2, 0.25) is 0 Å². The lowest BCUT2D eigenvalue weighted by Gasteiger charge is -2.00. The number of rotatable bonds is 14. The monoisotopic (exact) mass is 281 g/mol. The van der Waals surface area contributed by atoms with Crippen LogP contribution in [0.25, 0.3) is 0 Å². The summed E-state index contributed by atoms with van der Waals surface area (Å²) >= 11 is 0. The Balaban J connectivity index is 3.17. The lowest BCUT2D eigenvalue weighted by atomic mass is 10.1. The second kappa shape index (κ2) is 16.5. The summed E-state index contributed by atoms with van der Waals surface area (Å²) in [5.74, 6) is 0. The largest absolute Gasteiger partial charge is 0.394 e. The molecule has 0 aliphatic rings. The van der Waals surface area contributed by atoms with E-state index in [1.807, 2.05) is 12.2 Å². The minimum absolute atomic E-state index is 0.0264. The molecule has 0 bridgehead atoms. The van der Waals surface area contributed by atoms with E-state index < -0.39 is 0 Å². The van der Waals surface area contributed by atoms with Crippen LogP contribution in [-0.2, 0) is 0 Å². The third kappa shape index (κ3) is 15.5. The Kier molecular flexibility index (Phi) is 16.0. The number of aliphatic hydroxyl groups is 1. The van der Waals surface area contributed by atoms with Gasteiger partial charge in [-0.05, 0) is 19.3 Å². The van der Waals surface area contributed by atoms with Crippen molar-refractivity contribution in [3.05, 3.63) is 24.3 Å². The average molecular weight is 281 g/mol. The van der Waals surface area contributed by atoms with Crippen LogP contribution in [0.5, 0.6) is 0 Å². The fraction of sp³-hybridized carbons (Fsp3) is 0.778. The van der Waals surface area contributed by atoms with E-state index in [9.17, 15) is 0 Å². The fourth-order valence-corrected chi connectivity index (χ4v) is 2.18. The van der Waals surface area contributed by atoms with Crippen molar-refractivity contribution in [1.29, 1.82) is 0 Å². The molecule has 20 heavy (non-hydrogen) atoms. The molecule has 3 N–H and O–H groups in total. The van der Waals surface area contributed by atoms with Crippen molar-refractivity contribution in [3.63, 3.8) is 0 Å². The van der Waals surface area contributed by atoms with Gasteiger partial charge in [-0.25, -0.2) is 0 Å². The van der Waals surface area contributed by atoms with Gasteiger partial charge in [-0.3, -0.25) is 0 Å². The highest BCUT2D eigenvalue weighted by molar-refractivity contribution is 4.97. The smallest absolute Gasteiger partial charge is 0.0618 e. The number of nitrogens with two attached hydrogens (primary N) is 1. The summed E-state index contributed by atoms with van der Waals surface area (Å²) in [6, 6.07) is -0.208. The summed E-state index contributed by atoms with van der Waals surface area (Å²) in [5.41, 5.74) is 5.56. The van der Waals surface area contributed by atoms with Gasteiger partial charge in [0.15, 0.2) is 0 Å². The van der Waals surface area contributed by atoms with Crippen LogP contribution in [0.15, 0.2) is 24.3 Å². The standard InChI is InChI=1S/C18H35NO/c1-2-3-4-5-6-7-8-9-10-11-12-13-14-15-16-18(19)17-20/h12-13,15-16,18,20H,2-11,14,17,19H2,1H3/b13-12-,16-15-/t18-/m1/s1. The molecule has 0 unspecified atom stereocenters. The van der Waals surface area contributed by atoms with E-state index in [0.717, 1.165) is 6.42 Å². The van der Waals surface area contributed by atoms with Crippen molar-refractivity contribution < 1.29 is 5.11 Å². The summed E-state index contributed by atoms with van der Waals surface area (Å²) in [7, 11) is 0. The number of unbranched alkanes of at least 4 members (excludes halogenated alkanes) is 9. The molecular formula is C18H35NO. The van der Waals surface area contributed by atoms with Gasteiger partial charge in [0.05, 0.1) is 6.61 Å². The Morgan fingerprint density at radius 2 is 1.45 bits per heavy atom. The van der Waals surface area contributed by atoms with E-state index in [4.69, 9.17) is 10.8 Å². The van der Waals surface area contributed by atoms with Gasteiger partial charge >= 0.3 is 0 Å². The van der Waals surface area contributed by atoms with Crippen molar-refractivity contribution in [3.8, 4) is 0 Å². The molecule has 0 amide bonds. The van der Waals surface area contributed by atoms with E-state index in [0.29, 0.717) is 0 Å². The molecule has 0 rings (SSSR count). The molecule has 0 fully saturated rings. The average Bonchev–Trinajstić information content (AvgIpc) is 2.47. The Morgan fingerprint density at radius 1 is 0.850 bits per heavy atom. The first-order valence-electron chi connectivity index (χ1n) is 8.49. The maximum Gasteiger partial charge on any atom is 0.0618 e. The van der Waals surface area contributed by atoms with Gasteiger partial charge in [-0.1, -0.05) is 82.6 Å². The van der Waals surface area contributed by atoms with E-state index in [2.05, 4.69) is 19.1 Å². The molecule has 1 atom stereocenters. The second-order valence-electron chi connectivity index (χ2n) is 5.60. The van der Waals surface area contributed by atoms with Gasteiger partial charge in [-0.2, -0.15) is 0 Å². The van der Waals surface area contributed by atoms with Gasteiger partial charge in [0.1, 0.15) is 0 Å². The van der Waals surface area contributed by atoms with Crippen LogP contribution in [-0.4, -0.2) is 17.8 Å². The van der Waals surface area contributed by atoms with Crippen LogP contribution >= 0.6 is 0 Å². The zero-order chi connectivity index (χ0) is 14.9. The SMILES string of the molecule is CCCCCCCCCCC/C=C\C/C=C\[C@@H](N)CO. The van der Waals surface area contributed by atoms with Crippen LogP contribution in [0, 0.1) is 0 Å². The third-order valence-electron chi connectivity index (χ3n) is 3.51. The first kappa shape index (κ1) is 19.4. The van der Waals surface area contributed by atoms with Gasteiger partial charge in [0.2, 0.25) is 0 Å². The summed E-state index contributed by atoms with van der Waals surface area (Å²) < 4.78 is 0. The van der Waals surface area contributed by atoms with Crippen molar-refractivity contribution in [2.24, 2.45) is 5.73 Å². The van der Waals surface area contributed by atoms with Gasteiger partial charge in [-0.15, -0.1) is 0 Å². The lowest BCUT2D eigenvalue weighted by Crippen LogP contribution is -2.20. The van der Waals surface area contributed by atoms with Gasteiger partial charge in [0.25, 0.3) is 0 Å². The molecule has 118 valence electrons. The maximum atomic E-state index is 8.74. The number of hydrogen-bond acceptors (Lipinski definition) is 2. The Labute approximate surface area is 126 Å². The van der Waals surface area contributed by atoms with Gasteiger partial charge in [0, 0.05) is 6.04 Å². The van der Waals surface area contributed by atoms with Crippen LogP contribution in [0.1, 0.15) is 77.6 Å². The normalized spacial score (nSPS) is 13.6. The van der Waals surface area contributed by atoms with Gasteiger partial charge < -0.3 is 10.8 Å². The maximum absolute atomic E-state index is 8.74. The molecule has 0 aliphatic heterocycles. The first-order chi connectivity index (χ1) is 9.81. The molecule has 0 saturated carbocycles. The highest BCUT2D eigenvalue weighted by atomic mass is 16.3. The van der Waals surface area contributed by atoms with Crippen molar-refractivity contribution in [2.75, 3.05) is 6.61 Å². The Morgan fingerprint density at radius 3 is 2.05 bits per heavy atom. The summed E-state index contributed by atoms with van der Waals surface area (Å²) in [6.07, 6.45) is 22.9. The predicted molar refractivity (Wildman–Crippen MR) is 89.8 cm³/mol. The molecule has 0 aromatic heterocycles. The minimum atomic E-state index is -0.208. The molecule has 2 heteroatoms. The van der Waals surface area contributed by atoms with E-state index in [-0.39, 0.29) is 12.6 Å². The topological polar surface area (TPSA) is 46.2 Å². The Bertz CT molecular complexity index is 236. The molecule has 0 aromatic rings. The van der Waals surface area contributed by atoms with E-state index >= 15 is 0 Å². The van der Waals surface area contributed by atoms with Crippen molar-refractivity contribution in [2.45, 2.75) is 83.6 Å². The predicted octanol–water partition coefficient (Wildman–Crippen LogP) is 4.73. The lowest BCUT2D eigenvalue weighted by molar-refractivity contribution is 0.284. The molecule has 0 radical (unpaired) electrons. The fourth-order valence-electron chi connectivity index (χ4n) is 2.18. The summed E-state index contributed by atoms with van der Waals surface area (Å²) in [5, 5.41) is 8.74. The van der Waals surface area contributed by atoms with Crippen LogP contribution in [0.4, 0.5) is 0 Å². The zero-order valence-corrected chi connectivity index (χ0v) is 13.4. The molecule has 0 saturated heterocycles. The molecule has 2 nitrogen and oxygen atoms in total. The molecule has 0 heterocycles. The zero-order valence-electron chi connectivity index (χ0n) is 13.4.